The second-order valence-corrected chi connectivity index (χ2v) is 5.00. The van der Waals surface area contributed by atoms with Gasteiger partial charge in [0.2, 0.25) is 0 Å². The molecule has 120 valence electrons. The summed E-state index contributed by atoms with van der Waals surface area (Å²) in [6, 6.07) is 13.3. The SMILES string of the molecule is CC(=O)Oc1cccc(C=Nn2c(=O)[nH]c3ccccc3c2=O)c1. The van der Waals surface area contributed by atoms with E-state index >= 15 is 0 Å². The third-order valence-corrected chi connectivity index (χ3v) is 3.23. The zero-order chi connectivity index (χ0) is 17.1. The number of aromatic amines is 1. The molecule has 0 radical (unpaired) electrons. The molecule has 3 rings (SSSR count). The molecule has 0 saturated carbocycles. The molecule has 7 heteroatoms. The maximum absolute atomic E-state index is 12.3. The standard InChI is InChI=1S/C17H13N3O4/c1-11(21)24-13-6-4-5-12(9-13)10-18-20-16(22)14-7-2-3-8-15(14)19-17(20)23/h2-10H,1H3,(H,19,23). The minimum absolute atomic E-state index is 0.353. The third kappa shape index (κ3) is 3.14. The lowest BCUT2D eigenvalue weighted by molar-refractivity contribution is -0.131. The number of aromatic nitrogens is 2. The first kappa shape index (κ1) is 15.4. The van der Waals surface area contributed by atoms with Crippen molar-refractivity contribution < 1.29 is 9.53 Å². The highest BCUT2D eigenvalue weighted by atomic mass is 16.5. The molecule has 0 unspecified atom stereocenters. The molecule has 0 bridgehead atoms. The number of ether oxygens (including phenoxy) is 1. The minimum Gasteiger partial charge on any atom is -0.427 e. The molecule has 0 atom stereocenters. The van der Waals surface area contributed by atoms with E-state index in [-0.39, 0.29) is 0 Å². The fraction of sp³-hybridized carbons (Fsp3) is 0.0588. The molecular formula is C17H13N3O4. The predicted molar refractivity (Wildman–Crippen MR) is 89.6 cm³/mol. The van der Waals surface area contributed by atoms with Crippen LogP contribution in [0.4, 0.5) is 0 Å². The second kappa shape index (κ2) is 6.33. The van der Waals surface area contributed by atoms with E-state index in [1.54, 1.807) is 48.5 Å². The van der Waals surface area contributed by atoms with Gasteiger partial charge in [-0.25, -0.2) is 4.79 Å². The number of nitrogens with one attached hydrogen (secondary N) is 1. The van der Waals surface area contributed by atoms with Crippen molar-refractivity contribution in [2.75, 3.05) is 0 Å². The average Bonchev–Trinajstić information content (AvgIpc) is 2.54. The van der Waals surface area contributed by atoms with E-state index < -0.39 is 17.2 Å². The third-order valence-electron chi connectivity index (χ3n) is 3.23. The molecule has 0 amide bonds. The highest BCUT2D eigenvalue weighted by molar-refractivity contribution is 5.81. The van der Waals surface area contributed by atoms with E-state index in [4.69, 9.17) is 4.74 Å². The van der Waals surface area contributed by atoms with Crippen molar-refractivity contribution >= 4 is 23.1 Å². The molecule has 0 saturated heterocycles. The van der Waals surface area contributed by atoms with Gasteiger partial charge in [-0.2, -0.15) is 5.10 Å². The Balaban J connectivity index is 2.01. The smallest absolute Gasteiger partial charge is 0.349 e. The average molecular weight is 323 g/mol. The van der Waals surface area contributed by atoms with Crippen LogP contribution in [0.5, 0.6) is 5.75 Å². The van der Waals surface area contributed by atoms with E-state index in [1.165, 1.54) is 13.1 Å². The second-order valence-electron chi connectivity index (χ2n) is 5.00. The fourth-order valence-corrected chi connectivity index (χ4v) is 2.21. The Morgan fingerprint density at radius 2 is 1.96 bits per heavy atom. The van der Waals surface area contributed by atoms with E-state index in [9.17, 15) is 14.4 Å². The van der Waals surface area contributed by atoms with E-state index in [1.807, 2.05) is 0 Å². The van der Waals surface area contributed by atoms with Crippen LogP contribution in [0, 0.1) is 0 Å². The number of benzene rings is 2. The Bertz CT molecular complexity index is 1060. The summed E-state index contributed by atoms with van der Waals surface area (Å²) >= 11 is 0. The molecule has 3 aromatic rings. The van der Waals surface area contributed by atoms with Gasteiger partial charge in [0, 0.05) is 6.92 Å². The Kier molecular flexibility index (Phi) is 4.07. The van der Waals surface area contributed by atoms with E-state index in [0.717, 1.165) is 4.68 Å². The van der Waals surface area contributed by atoms with Gasteiger partial charge in [-0.05, 0) is 29.8 Å². The van der Waals surface area contributed by atoms with Gasteiger partial charge < -0.3 is 9.72 Å². The van der Waals surface area contributed by atoms with Gasteiger partial charge in [-0.15, -0.1) is 4.68 Å². The number of rotatable bonds is 3. The van der Waals surface area contributed by atoms with Gasteiger partial charge in [0.1, 0.15) is 5.75 Å². The molecule has 1 heterocycles. The Hall–Kier alpha value is -3.48. The first-order chi connectivity index (χ1) is 11.5. The normalized spacial score (nSPS) is 11.0. The number of H-pyrrole nitrogens is 1. The van der Waals surface area contributed by atoms with Crippen molar-refractivity contribution in [3.63, 3.8) is 0 Å². The van der Waals surface area contributed by atoms with E-state index in [0.29, 0.717) is 22.2 Å². The van der Waals surface area contributed by atoms with E-state index in [2.05, 4.69) is 10.1 Å². The van der Waals surface area contributed by atoms with Crippen molar-refractivity contribution in [1.82, 2.24) is 9.66 Å². The number of carbonyl (C=O) groups is 1. The van der Waals surface area contributed by atoms with Crippen molar-refractivity contribution in [1.29, 1.82) is 0 Å². The number of esters is 1. The fourth-order valence-electron chi connectivity index (χ4n) is 2.21. The number of para-hydroxylation sites is 1. The molecule has 0 aliphatic carbocycles. The van der Waals surface area contributed by atoms with Crippen LogP contribution in [0.25, 0.3) is 10.9 Å². The highest BCUT2D eigenvalue weighted by Gasteiger charge is 2.05. The molecule has 2 aromatic carbocycles. The van der Waals surface area contributed by atoms with Crippen LogP contribution < -0.4 is 16.0 Å². The van der Waals surface area contributed by atoms with Gasteiger partial charge in [-0.3, -0.25) is 9.59 Å². The zero-order valence-electron chi connectivity index (χ0n) is 12.7. The van der Waals surface area contributed by atoms with Gasteiger partial charge >= 0.3 is 11.7 Å². The number of hydrogen-bond donors (Lipinski definition) is 1. The summed E-state index contributed by atoms with van der Waals surface area (Å²) < 4.78 is 5.73. The largest absolute Gasteiger partial charge is 0.427 e. The van der Waals surface area contributed by atoms with Crippen LogP contribution in [-0.4, -0.2) is 21.8 Å². The van der Waals surface area contributed by atoms with Gasteiger partial charge in [0.05, 0.1) is 17.1 Å². The Morgan fingerprint density at radius 3 is 2.75 bits per heavy atom. The Labute approximate surface area is 135 Å². The molecule has 1 N–H and O–H groups in total. The number of nitrogens with zero attached hydrogens (tertiary/aromatic N) is 2. The molecule has 24 heavy (non-hydrogen) atoms. The van der Waals surface area contributed by atoms with Gasteiger partial charge in [0.15, 0.2) is 0 Å². The van der Waals surface area contributed by atoms with Crippen molar-refractivity contribution in [2.45, 2.75) is 6.92 Å². The lowest BCUT2D eigenvalue weighted by Gasteiger charge is -2.02. The van der Waals surface area contributed by atoms with Crippen molar-refractivity contribution in [2.24, 2.45) is 5.10 Å². The molecule has 0 fully saturated rings. The maximum atomic E-state index is 12.3. The summed E-state index contributed by atoms with van der Waals surface area (Å²) in [5, 5.41) is 4.30. The Morgan fingerprint density at radius 1 is 1.17 bits per heavy atom. The topological polar surface area (TPSA) is 93.5 Å². The quantitative estimate of drug-likeness (QED) is 0.449. The van der Waals surface area contributed by atoms with Crippen LogP contribution in [0.3, 0.4) is 0 Å². The first-order valence-electron chi connectivity index (χ1n) is 7.11. The lowest BCUT2D eigenvalue weighted by atomic mass is 10.2. The van der Waals surface area contributed by atoms with Crippen LogP contribution in [0.15, 0.2) is 63.2 Å². The van der Waals surface area contributed by atoms with Gasteiger partial charge in [-0.1, -0.05) is 24.3 Å². The summed E-state index contributed by atoms with van der Waals surface area (Å²) in [5.74, 6) is -0.0856. The zero-order valence-corrected chi connectivity index (χ0v) is 12.7. The molecule has 1 aromatic heterocycles. The number of fused-ring (bicyclic) bond motifs is 1. The summed E-state index contributed by atoms with van der Waals surface area (Å²) in [6.07, 6.45) is 1.35. The lowest BCUT2D eigenvalue weighted by Crippen LogP contribution is -2.32. The predicted octanol–water partition coefficient (Wildman–Crippen LogP) is 1.50. The minimum atomic E-state index is -0.633. The van der Waals surface area contributed by atoms with Crippen LogP contribution in [0.1, 0.15) is 12.5 Å². The molecule has 0 spiro atoms. The maximum Gasteiger partial charge on any atom is 0.349 e. The summed E-state index contributed by atoms with van der Waals surface area (Å²) in [6.45, 7) is 1.30. The van der Waals surface area contributed by atoms with Crippen molar-refractivity contribution in [3.05, 3.63) is 74.9 Å². The number of carbonyl (C=O) groups excluding carboxylic acids is 1. The summed E-state index contributed by atoms with van der Waals surface area (Å²) in [4.78, 5) is 37.9. The summed E-state index contributed by atoms with van der Waals surface area (Å²) in [5.41, 5.74) is -0.114. The molecule has 7 nitrogen and oxygen atoms in total. The highest BCUT2D eigenvalue weighted by Crippen LogP contribution is 2.12. The molecule has 0 aliphatic heterocycles. The monoisotopic (exact) mass is 323 g/mol. The first-order valence-corrected chi connectivity index (χ1v) is 7.11. The van der Waals surface area contributed by atoms with Crippen molar-refractivity contribution in [3.8, 4) is 5.75 Å². The van der Waals surface area contributed by atoms with Crippen LogP contribution in [-0.2, 0) is 4.79 Å². The number of hydrogen-bond acceptors (Lipinski definition) is 5. The molecule has 0 aliphatic rings. The summed E-state index contributed by atoms with van der Waals surface area (Å²) in [7, 11) is 0. The molecular weight excluding hydrogens is 310 g/mol. The van der Waals surface area contributed by atoms with Crippen LogP contribution in [0.2, 0.25) is 0 Å². The van der Waals surface area contributed by atoms with Gasteiger partial charge in [0.25, 0.3) is 5.56 Å². The van der Waals surface area contributed by atoms with Crippen LogP contribution >= 0.6 is 0 Å².